The first-order chi connectivity index (χ1) is 14.3. The number of carbonyl (C=O) groups excluding carboxylic acids is 1. The van der Waals surface area contributed by atoms with E-state index in [0.717, 1.165) is 11.1 Å². The molecule has 0 bridgehead atoms. The summed E-state index contributed by atoms with van der Waals surface area (Å²) in [5.74, 6) is 0.576. The van der Waals surface area contributed by atoms with Crippen molar-refractivity contribution in [3.8, 4) is 0 Å². The molecule has 0 fully saturated rings. The Morgan fingerprint density at radius 1 is 1.00 bits per heavy atom. The molecule has 0 heterocycles. The first-order valence-electron chi connectivity index (χ1n) is 9.92. The van der Waals surface area contributed by atoms with Crippen LogP contribution in [0.25, 0.3) is 0 Å². The van der Waals surface area contributed by atoms with E-state index in [0.29, 0.717) is 49.0 Å². The molecule has 0 saturated carbocycles. The highest BCUT2D eigenvalue weighted by atomic mass is 127. The van der Waals surface area contributed by atoms with Gasteiger partial charge in [0.2, 0.25) is 5.91 Å². The monoisotopic (exact) mass is 558 g/mol. The van der Waals surface area contributed by atoms with Crippen molar-refractivity contribution in [2.24, 2.45) is 4.99 Å². The summed E-state index contributed by atoms with van der Waals surface area (Å²) in [6, 6.07) is 15.0. The van der Waals surface area contributed by atoms with Crippen molar-refractivity contribution in [2.75, 3.05) is 19.3 Å². The van der Waals surface area contributed by atoms with E-state index in [1.807, 2.05) is 43.3 Å². The molecule has 0 unspecified atom stereocenters. The van der Waals surface area contributed by atoms with Crippen LogP contribution in [0.3, 0.4) is 0 Å². The zero-order chi connectivity index (χ0) is 22.0. The molecule has 0 spiro atoms. The second-order valence-corrected chi connectivity index (χ2v) is 8.99. The summed E-state index contributed by atoms with van der Waals surface area (Å²) in [6.45, 7) is 5.81. The third kappa shape index (κ3) is 9.69. The van der Waals surface area contributed by atoms with Crippen LogP contribution < -0.4 is 16.0 Å². The van der Waals surface area contributed by atoms with Crippen LogP contribution in [0.4, 0.5) is 0 Å². The number of hydrogen-bond acceptors (Lipinski definition) is 4. The number of sulfone groups is 1. The fourth-order valence-electron chi connectivity index (χ4n) is 2.92. The summed E-state index contributed by atoms with van der Waals surface area (Å²) in [7, 11) is -3.23. The Balaban J connectivity index is 0.00000480. The van der Waals surface area contributed by atoms with Gasteiger partial charge in [-0.1, -0.05) is 42.5 Å². The molecule has 0 radical (unpaired) electrons. The molecule has 0 aromatic heterocycles. The van der Waals surface area contributed by atoms with Gasteiger partial charge in [-0.15, -0.1) is 24.0 Å². The lowest BCUT2D eigenvalue weighted by molar-refractivity contribution is -0.121. The Kier molecular flexibility index (Phi) is 11.5. The van der Waals surface area contributed by atoms with Gasteiger partial charge in [0, 0.05) is 32.3 Å². The first-order valence-corrected chi connectivity index (χ1v) is 11.8. The van der Waals surface area contributed by atoms with Crippen molar-refractivity contribution in [1.82, 2.24) is 16.0 Å². The van der Waals surface area contributed by atoms with Crippen molar-refractivity contribution >= 4 is 45.7 Å². The SMILES string of the molecule is CCNC(=NCc1ccc(S(C)(=O)=O)c(C)c1)NCCC(=O)NCc1ccccc1.I. The minimum atomic E-state index is -3.23. The number of aliphatic imine (C=N–C) groups is 1. The van der Waals surface area contributed by atoms with Crippen molar-refractivity contribution in [1.29, 1.82) is 0 Å². The standard InChI is InChI=1S/C22H30N4O3S.HI/c1-4-23-22(24-13-12-21(27)25-15-18-8-6-5-7-9-18)26-16-19-10-11-20(17(2)14-19)30(3,28)29;/h5-11,14H,4,12-13,15-16H2,1-3H3,(H,25,27)(H2,23,24,26);1H. The summed E-state index contributed by atoms with van der Waals surface area (Å²) >= 11 is 0. The number of nitrogens with one attached hydrogen (secondary N) is 3. The van der Waals surface area contributed by atoms with Gasteiger partial charge in [0.05, 0.1) is 11.4 Å². The molecule has 3 N–H and O–H groups in total. The van der Waals surface area contributed by atoms with Crippen LogP contribution in [0.5, 0.6) is 0 Å². The van der Waals surface area contributed by atoms with E-state index in [1.54, 1.807) is 19.1 Å². The average molecular weight is 558 g/mol. The van der Waals surface area contributed by atoms with E-state index < -0.39 is 9.84 Å². The van der Waals surface area contributed by atoms with Crippen molar-refractivity contribution in [3.05, 3.63) is 65.2 Å². The maximum absolute atomic E-state index is 12.0. The fourth-order valence-corrected chi connectivity index (χ4v) is 3.88. The molecular weight excluding hydrogens is 527 g/mol. The number of amides is 1. The van der Waals surface area contributed by atoms with E-state index >= 15 is 0 Å². The van der Waals surface area contributed by atoms with Crippen molar-refractivity contribution < 1.29 is 13.2 Å². The maximum Gasteiger partial charge on any atom is 0.222 e. The molecule has 31 heavy (non-hydrogen) atoms. The second-order valence-electron chi connectivity index (χ2n) is 7.01. The number of guanidine groups is 1. The van der Waals surface area contributed by atoms with E-state index in [1.165, 1.54) is 6.26 Å². The Hall–Kier alpha value is -2.14. The molecule has 2 rings (SSSR count). The molecule has 9 heteroatoms. The summed E-state index contributed by atoms with van der Waals surface area (Å²) in [6.07, 6.45) is 1.54. The van der Waals surface area contributed by atoms with E-state index in [9.17, 15) is 13.2 Å². The van der Waals surface area contributed by atoms with Gasteiger partial charge in [0.1, 0.15) is 0 Å². The lowest BCUT2D eigenvalue weighted by Crippen LogP contribution is -2.39. The van der Waals surface area contributed by atoms with Crippen molar-refractivity contribution in [3.63, 3.8) is 0 Å². The van der Waals surface area contributed by atoms with Gasteiger partial charge in [0.15, 0.2) is 15.8 Å². The summed E-state index contributed by atoms with van der Waals surface area (Å²) in [5.41, 5.74) is 2.68. The van der Waals surface area contributed by atoms with Gasteiger partial charge in [-0.2, -0.15) is 0 Å². The molecular formula is C22H31IN4O3S. The van der Waals surface area contributed by atoms with Gasteiger partial charge >= 0.3 is 0 Å². The van der Waals surface area contributed by atoms with Crippen LogP contribution in [0.15, 0.2) is 58.4 Å². The zero-order valence-corrected chi connectivity index (χ0v) is 21.3. The highest BCUT2D eigenvalue weighted by Gasteiger charge is 2.10. The molecule has 2 aromatic carbocycles. The van der Waals surface area contributed by atoms with E-state index in [2.05, 4.69) is 20.9 Å². The van der Waals surface area contributed by atoms with Crippen LogP contribution in [-0.4, -0.2) is 39.6 Å². The molecule has 1 amide bonds. The number of rotatable bonds is 9. The Bertz CT molecular complexity index is 980. The third-order valence-corrected chi connectivity index (χ3v) is 5.64. The number of carbonyl (C=O) groups is 1. The van der Waals surface area contributed by atoms with E-state index in [4.69, 9.17) is 0 Å². The zero-order valence-electron chi connectivity index (χ0n) is 18.1. The molecule has 0 aliphatic rings. The number of nitrogens with zero attached hydrogens (tertiary/aromatic N) is 1. The molecule has 0 atom stereocenters. The van der Waals surface area contributed by atoms with Gasteiger partial charge in [-0.25, -0.2) is 13.4 Å². The summed E-state index contributed by atoms with van der Waals surface area (Å²) < 4.78 is 23.5. The fraction of sp³-hybridized carbons (Fsp3) is 0.364. The quantitative estimate of drug-likeness (QED) is 0.250. The predicted octanol–water partition coefficient (Wildman–Crippen LogP) is 2.78. The predicted molar refractivity (Wildman–Crippen MR) is 135 cm³/mol. The summed E-state index contributed by atoms with van der Waals surface area (Å²) in [5, 5.41) is 9.20. The number of hydrogen-bond donors (Lipinski definition) is 3. The van der Waals surface area contributed by atoms with Gasteiger partial charge in [-0.05, 0) is 36.6 Å². The molecule has 0 aliphatic heterocycles. The lowest BCUT2D eigenvalue weighted by atomic mass is 10.1. The topological polar surface area (TPSA) is 99.7 Å². The van der Waals surface area contributed by atoms with Gasteiger partial charge in [0.25, 0.3) is 0 Å². The van der Waals surface area contributed by atoms with Crippen LogP contribution >= 0.6 is 24.0 Å². The van der Waals surface area contributed by atoms with Crippen molar-refractivity contribution in [2.45, 2.75) is 38.3 Å². The van der Waals surface area contributed by atoms with Crippen LogP contribution in [0.2, 0.25) is 0 Å². The van der Waals surface area contributed by atoms with Gasteiger partial charge < -0.3 is 16.0 Å². The maximum atomic E-state index is 12.0. The smallest absolute Gasteiger partial charge is 0.222 e. The highest BCUT2D eigenvalue weighted by Crippen LogP contribution is 2.17. The number of aryl methyl sites for hydroxylation is 1. The summed E-state index contributed by atoms with van der Waals surface area (Å²) in [4.78, 5) is 16.9. The molecule has 7 nitrogen and oxygen atoms in total. The van der Waals surface area contributed by atoms with Crippen LogP contribution in [-0.2, 0) is 27.7 Å². The van der Waals surface area contributed by atoms with Gasteiger partial charge in [-0.3, -0.25) is 4.79 Å². The van der Waals surface area contributed by atoms with Crippen LogP contribution in [0.1, 0.15) is 30.0 Å². The third-order valence-electron chi connectivity index (χ3n) is 4.38. The Morgan fingerprint density at radius 2 is 1.71 bits per heavy atom. The molecule has 2 aromatic rings. The Labute approximate surface area is 202 Å². The minimum absolute atomic E-state index is 0. The lowest BCUT2D eigenvalue weighted by Gasteiger charge is -2.12. The average Bonchev–Trinajstić information content (AvgIpc) is 2.70. The van der Waals surface area contributed by atoms with E-state index in [-0.39, 0.29) is 29.9 Å². The molecule has 0 aliphatic carbocycles. The second kappa shape index (κ2) is 13.3. The number of halogens is 1. The Morgan fingerprint density at radius 3 is 2.32 bits per heavy atom. The first kappa shape index (κ1) is 26.9. The number of benzene rings is 2. The normalized spacial score (nSPS) is 11.4. The minimum Gasteiger partial charge on any atom is -0.357 e. The molecule has 170 valence electrons. The molecule has 0 saturated heterocycles. The van der Waals surface area contributed by atoms with Crippen LogP contribution in [0, 0.1) is 6.92 Å². The largest absolute Gasteiger partial charge is 0.357 e. The highest BCUT2D eigenvalue weighted by molar-refractivity contribution is 14.0.